The van der Waals surface area contributed by atoms with Gasteiger partial charge in [0.05, 0.1) is 18.1 Å². The summed E-state index contributed by atoms with van der Waals surface area (Å²) in [6.45, 7) is 3.66. The molecule has 2 rings (SSSR count). The van der Waals surface area contributed by atoms with Crippen molar-refractivity contribution >= 4 is 15.7 Å². The number of sulfone groups is 1. The van der Waals surface area contributed by atoms with E-state index in [0.717, 1.165) is 32.6 Å². The minimum Gasteiger partial charge on any atom is -0.340 e. The van der Waals surface area contributed by atoms with E-state index >= 15 is 0 Å². The predicted octanol–water partition coefficient (Wildman–Crippen LogP) is -1.07. The Balaban J connectivity index is 1.84. The lowest BCUT2D eigenvalue weighted by Crippen LogP contribution is -2.44. The van der Waals surface area contributed by atoms with Crippen LogP contribution < -0.4 is 5.32 Å². The van der Waals surface area contributed by atoms with Gasteiger partial charge in [0, 0.05) is 25.7 Å². The molecular weight excluding hydrogens is 266 g/mol. The van der Waals surface area contributed by atoms with Gasteiger partial charge in [-0.2, -0.15) is 0 Å². The van der Waals surface area contributed by atoms with Crippen molar-refractivity contribution < 1.29 is 13.2 Å². The Labute approximate surface area is 115 Å². The highest BCUT2D eigenvalue weighted by molar-refractivity contribution is 7.91. The van der Waals surface area contributed by atoms with Crippen LogP contribution in [-0.2, 0) is 14.6 Å². The number of hydrogen-bond donors (Lipinski definition) is 1. The second-order valence-electron chi connectivity index (χ2n) is 5.46. The summed E-state index contributed by atoms with van der Waals surface area (Å²) in [6, 6.07) is -0.000877. The molecule has 0 aromatic rings. The van der Waals surface area contributed by atoms with Crippen molar-refractivity contribution in [1.82, 2.24) is 15.1 Å². The van der Waals surface area contributed by atoms with E-state index in [1.54, 1.807) is 0 Å². The number of hydrogen-bond acceptors (Lipinski definition) is 5. The molecule has 1 unspecified atom stereocenters. The Morgan fingerprint density at radius 1 is 1.37 bits per heavy atom. The molecule has 19 heavy (non-hydrogen) atoms. The van der Waals surface area contributed by atoms with E-state index in [2.05, 4.69) is 5.32 Å². The van der Waals surface area contributed by atoms with Crippen LogP contribution in [0.3, 0.4) is 0 Å². The quantitative estimate of drug-likeness (QED) is 0.716. The number of carbonyl (C=O) groups is 1. The Hall–Kier alpha value is -0.660. The Morgan fingerprint density at radius 2 is 2.16 bits per heavy atom. The fourth-order valence-electron chi connectivity index (χ4n) is 2.66. The number of rotatable bonds is 3. The molecule has 0 saturated carbocycles. The molecule has 0 radical (unpaired) electrons. The van der Waals surface area contributed by atoms with Gasteiger partial charge in [0.1, 0.15) is 0 Å². The molecule has 2 heterocycles. The van der Waals surface area contributed by atoms with E-state index in [1.807, 2.05) is 16.8 Å². The Morgan fingerprint density at radius 3 is 2.84 bits per heavy atom. The molecule has 1 amide bonds. The van der Waals surface area contributed by atoms with E-state index < -0.39 is 9.84 Å². The van der Waals surface area contributed by atoms with Gasteiger partial charge in [-0.15, -0.1) is 0 Å². The summed E-state index contributed by atoms with van der Waals surface area (Å²) in [7, 11) is -1.04. The van der Waals surface area contributed by atoms with Gasteiger partial charge in [-0.1, -0.05) is 0 Å². The van der Waals surface area contributed by atoms with Gasteiger partial charge in [0.2, 0.25) is 5.91 Å². The maximum absolute atomic E-state index is 12.2. The molecule has 0 spiro atoms. The van der Waals surface area contributed by atoms with E-state index in [0.29, 0.717) is 13.0 Å². The number of amides is 1. The summed E-state index contributed by atoms with van der Waals surface area (Å²) >= 11 is 0. The average molecular weight is 289 g/mol. The molecule has 2 fully saturated rings. The first-order valence-electron chi connectivity index (χ1n) is 6.87. The van der Waals surface area contributed by atoms with E-state index in [4.69, 9.17) is 0 Å². The van der Waals surface area contributed by atoms with E-state index in [1.165, 1.54) is 0 Å². The summed E-state index contributed by atoms with van der Waals surface area (Å²) in [4.78, 5) is 16.0. The first-order valence-corrected chi connectivity index (χ1v) is 8.69. The Kier molecular flexibility index (Phi) is 4.81. The average Bonchev–Trinajstić information content (AvgIpc) is 2.57. The molecule has 110 valence electrons. The van der Waals surface area contributed by atoms with Crippen molar-refractivity contribution in [2.45, 2.75) is 18.9 Å². The smallest absolute Gasteiger partial charge is 0.236 e. The maximum atomic E-state index is 12.2. The van der Waals surface area contributed by atoms with Gasteiger partial charge in [-0.3, -0.25) is 9.69 Å². The van der Waals surface area contributed by atoms with Crippen LogP contribution in [0.1, 0.15) is 12.8 Å². The van der Waals surface area contributed by atoms with E-state index in [9.17, 15) is 13.2 Å². The lowest BCUT2D eigenvalue weighted by molar-refractivity contribution is -0.132. The maximum Gasteiger partial charge on any atom is 0.236 e. The van der Waals surface area contributed by atoms with Crippen LogP contribution >= 0.6 is 0 Å². The topological polar surface area (TPSA) is 69.7 Å². The highest BCUT2D eigenvalue weighted by Crippen LogP contribution is 2.16. The molecule has 0 aliphatic carbocycles. The van der Waals surface area contributed by atoms with Gasteiger partial charge < -0.3 is 10.2 Å². The van der Waals surface area contributed by atoms with Crippen molar-refractivity contribution in [1.29, 1.82) is 0 Å². The van der Waals surface area contributed by atoms with Crippen LogP contribution in [0.5, 0.6) is 0 Å². The minimum atomic E-state index is -2.88. The number of nitrogens with zero attached hydrogens (tertiary/aromatic N) is 2. The molecule has 0 bridgehead atoms. The molecule has 2 aliphatic heterocycles. The third-order valence-corrected chi connectivity index (χ3v) is 5.66. The summed E-state index contributed by atoms with van der Waals surface area (Å²) in [5, 5.41) is 3.26. The highest BCUT2D eigenvalue weighted by atomic mass is 32.2. The fourth-order valence-corrected chi connectivity index (χ4v) is 4.47. The zero-order valence-corrected chi connectivity index (χ0v) is 12.3. The van der Waals surface area contributed by atoms with Gasteiger partial charge in [0.15, 0.2) is 9.84 Å². The van der Waals surface area contributed by atoms with Crippen molar-refractivity contribution in [3.05, 3.63) is 0 Å². The lowest BCUT2D eigenvalue weighted by atomic mass is 10.2. The highest BCUT2D eigenvalue weighted by Gasteiger charge is 2.31. The molecule has 1 atom stereocenters. The van der Waals surface area contributed by atoms with Crippen LogP contribution in [-0.4, -0.2) is 81.4 Å². The van der Waals surface area contributed by atoms with Crippen molar-refractivity contribution in [3.63, 3.8) is 0 Å². The molecular formula is C12H23N3O3S. The van der Waals surface area contributed by atoms with Gasteiger partial charge in [0.25, 0.3) is 0 Å². The van der Waals surface area contributed by atoms with Crippen molar-refractivity contribution in [3.8, 4) is 0 Å². The summed E-state index contributed by atoms with van der Waals surface area (Å²) in [5.41, 5.74) is 0. The molecule has 0 aromatic carbocycles. The van der Waals surface area contributed by atoms with Gasteiger partial charge in [-0.25, -0.2) is 8.42 Å². The molecule has 2 saturated heterocycles. The van der Waals surface area contributed by atoms with Crippen LogP contribution in [0.2, 0.25) is 0 Å². The van der Waals surface area contributed by atoms with Gasteiger partial charge in [-0.05, 0) is 26.4 Å². The van der Waals surface area contributed by atoms with Crippen molar-refractivity contribution in [2.75, 3.05) is 51.3 Å². The zero-order chi connectivity index (χ0) is 13.9. The second kappa shape index (κ2) is 6.19. The largest absolute Gasteiger partial charge is 0.340 e. The Bertz CT molecular complexity index is 416. The van der Waals surface area contributed by atoms with Gasteiger partial charge >= 0.3 is 0 Å². The molecule has 2 aliphatic rings. The zero-order valence-electron chi connectivity index (χ0n) is 11.5. The summed E-state index contributed by atoms with van der Waals surface area (Å²) < 4.78 is 22.9. The van der Waals surface area contributed by atoms with E-state index in [-0.39, 0.29) is 23.5 Å². The molecule has 1 N–H and O–H groups in total. The second-order valence-corrected chi connectivity index (χ2v) is 7.69. The SMILES string of the molecule is CN(CC(=O)N1CCCNCC1)C1CCS(=O)(=O)C1. The van der Waals surface area contributed by atoms with Crippen LogP contribution in [0.4, 0.5) is 0 Å². The number of likely N-dealkylation sites (N-methyl/N-ethyl adjacent to an activating group) is 1. The number of carbonyl (C=O) groups excluding carboxylic acids is 1. The van der Waals surface area contributed by atoms with Crippen molar-refractivity contribution in [2.24, 2.45) is 0 Å². The monoisotopic (exact) mass is 289 g/mol. The van der Waals surface area contributed by atoms with Crippen LogP contribution in [0.25, 0.3) is 0 Å². The predicted molar refractivity (Wildman–Crippen MR) is 73.8 cm³/mol. The summed E-state index contributed by atoms with van der Waals surface area (Å²) in [5.74, 6) is 0.554. The third kappa shape index (κ3) is 4.15. The lowest BCUT2D eigenvalue weighted by Gasteiger charge is -2.26. The fraction of sp³-hybridized carbons (Fsp3) is 0.917. The molecule has 6 nitrogen and oxygen atoms in total. The summed E-state index contributed by atoms with van der Waals surface area (Å²) in [6.07, 6.45) is 1.63. The minimum absolute atomic E-state index is 0.000877. The van der Waals surface area contributed by atoms with Crippen LogP contribution in [0, 0.1) is 0 Å². The number of nitrogens with one attached hydrogen (secondary N) is 1. The standard InChI is InChI=1S/C12H23N3O3S/c1-14(11-3-8-19(17,18)10-11)9-12(16)15-6-2-4-13-5-7-15/h11,13H,2-10H2,1H3. The molecule has 7 heteroatoms. The normalized spacial score (nSPS) is 27.5. The molecule has 0 aromatic heterocycles. The first kappa shape index (κ1) is 14.7. The van der Waals surface area contributed by atoms with Crippen LogP contribution in [0.15, 0.2) is 0 Å². The first-order chi connectivity index (χ1) is 8.98. The third-order valence-electron chi connectivity index (χ3n) is 3.91.